The molecule has 1 fully saturated rings. The molecule has 5 nitrogen and oxygen atoms in total. The average Bonchev–Trinajstić information content (AvgIpc) is 3.20. The third-order valence-corrected chi connectivity index (χ3v) is 6.03. The summed E-state index contributed by atoms with van der Waals surface area (Å²) in [5.74, 6) is 0.553. The van der Waals surface area contributed by atoms with Crippen LogP contribution in [-0.4, -0.2) is 48.7 Å². The standard InChI is InChI=1S/C19H19BrFN3O2S/c1-2-25-10-14-16-11-26-7-6-24(16)18(19-22-5-8-27-19)23-17(14)13-4-3-12(21)9-15(13)20/h3-5,8-9,17H,2,6-7,10-11H2,1H3. The van der Waals surface area contributed by atoms with E-state index in [4.69, 9.17) is 14.5 Å². The lowest BCUT2D eigenvalue weighted by atomic mass is 9.95. The lowest BCUT2D eigenvalue weighted by molar-refractivity contribution is 0.0907. The quantitative estimate of drug-likeness (QED) is 0.684. The Bertz CT molecular complexity index is 885. The Hall–Kier alpha value is -1.61. The SMILES string of the molecule is CCOCC1=C2COCCN2C(c2nccs2)=NC1c1ccc(F)cc1Br. The highest BCUT2D eigenvalue weighted by atomic mass is 79.9. The smallest absolute Gasteiger partial charge is 0.165 e. The molecule has 142 valence electrons. The van der Waals surface area contributed by atoms with Gasteiger partial charge in [-0.15, -0.1) is 11.3 Å². The van der Waals surface area contributed by atoms with E-state index in [2.05, 4.69) is 25.8 Å². The Labute approximate surface area is 169 Å². The van der Waals surface area contributed by atoms with Gasteiger partial charge in [-0.1, -0.05) is 22.0 Å². The Kier molecular flexibility index (Phi) is 5.68. The Morgan fingerprint density at radius 3 is 3.07 bits per heavy atom. The highest BCUT2D eigenvalue weighted by molar-refractivity contribution is 9.10. The lowest BCUT2D eigenvalue weighted by Crippen LogP contribution is -2.43. The fourth-order valence-electron chi connectivity index (χ4n) is 3.32. The van der Waals surface area contributed by atoms with Crippen molar-refractivity contribution in [2.75, 3.05) is 33.0 Å². The zero-order valence-corrected chi connectivity index (χ0v) is 17.2. The van der Waals surface area contributed by atoms with Crippen LogP contribution in [0.25, 0.3) is 0 Å². The molecule has 1 unspecified atom stereocenters. The number of fused-ring (bicyclic) bond motifs is 1. The minimum atomic E-state index is -0.285. The highest BCUT2D eigenvalue weighted by Crippen LogP contribution is 2.39. The molecule has 0 saturated carbocycles. The van der Waals surface area contributed by atoms with Gasteiger partial charge in [-0.3, -0.25) is 4.99 Å². The van der Waals surface area contributed by atoms with Gasteiger partial charge >= 0.3 is 0 Å². The maximum Gasteiger partial charge on any atom is 0.165 e. The maximum atomic E-state index is 13.6. The van der Waals surface area contributed by atoms with Gasteiger partial charge in [-0.05, 0) is 24.6 Å². The number of amidine groups is 1. The number of nitrogens with zero attached hydrogens (tertiary/aromatic N) is 3. The molecule has 1 atom stereocenters. The monoisotopic (exact) mass is 451 g/mol. The summed E-state index contributed by atoms with van der Waals surface area (Å²) < 4.78 is 25.8. The van der Waals surface area contributed by atoms with Crippen LogP contribution in [0.3, 0.4) is 0 Å². The van der Waals surface area contributed by atoms with Gasteiger partial charge in [0.05, 0.1) is 19.8 Å². The molecule has 0 amide bonds. The van der Waals surface area contributed by atoms with Gasteiger partial charge in [-0.25, -0.2) is 9.37 Å². The maximum absolute atomic E-state index is 13.6. The summed E-state index contributed by atoms with van der Waals surface area (Å²) >= 11 is 5.06. The molecule has 1 saturated heterocycles. The molecule has 0 N–H and O–H groups in total. The minimum absolute atomic E-state index is 0.279. The van der Waals surface area contributed by atoms with E-state index in [9.17, 15) is 4.39 Å². The van der Waals surface area contributed by atoms with Crippen LogP contribution in [0.15, 0.2) is 50.5 Å². The molecule has 2 aliphatic heterocycles. The number of halogens is 2. The first-order chi connectivity index (χ1) is 13.2. The van der Waals surface area contributed by atoms with Crippen molar-refractivity contribution in [3.63, 3.8) is 0 Å². The van der Waals surface area contributed by atoms with Gasteiger partial charge in [-0.2, -0.15) is 0 Å². The van der Waals surface area contributed by atoms with Crippen LogP contribution in [0.4, 0.5) is 4.39 Å². The summed E-state index contributed by atoms with van der Waals surface area (Å²) in [7, 11) is 0. The number of thiazole rings is 1. The molecule has 0 radical (unpaired) electrons. The van der Waals surface area contributed by atoms with Crippen LogP contribution >= 0.6 is 27.3 Å². The van der Waals surface area contributed by atoms with Crippen LogP contribution in [-0.2, 0) is 9.47 Å². The summed E-state index contributed by atoms with van der Waals surface area (Å²) in [5.41, 5.74) is 3.01. The molecule has 2 aromatic rings. The topological polar surface area (TPSA) is 47.0 Å². The van der Waals surface area contributed by atoms with Crippen molar-refractivity contribution in [1.29, 1.82) is 0 Å². The summed E-state index contributed by atoms with van der Waals surface area (Å²) in [6, 6.07) is 4.43. The van der Waals surface area contributed by atoms with Gasteiger partial charge in [0.2, 0.25) is 0 Å². The van der Waals surface area contributed by atoms with E-state index < -0.39 is 0 Å². The highest BCUT2D eigenvalue weighted by Gasteiger charge is 2.35. The van der Waals surface area contributed by atoms with Crippen LogP contribution in [0, 0.1) is 5.82 Å². The predicted octanol–water partition coefficient (Wildman–Crippen LogP) is 4.17. The molecule has 4 rings (SSSR count). The molecule has 1 aromatic carbocycles. The third-order valence-electron chi connectivity index (χ3n) is 4.57. The number of hydrogen-bond acceptors (Lipinski definition) is 6. The number of morpholine rings is 1. The summed E-state index contributed by atoms with van der Waals surface area (Å²) in [5, 5.41) is 2.81. The van der Waals surface area contributed by atoms with E-state index in [-0.39, 0.29) is 11.9 Å². The predicted molar refractivity (Wildman–Crippen MR) is 107 cm³/mol. The van der Waals surface area contributed by atoms with Crippen LogP contribution in [0.1, 0.15) is 23.5 Å². The number of rotatable bonds is 5. The van der Waals surface area contributed by atoms with Gasteiger partial charge in [0.1, 0.15) is 11.9 Å². The van der Waals surface area contributed by atoms with Gasteiger partial charge < -0.3 is 14.4 Å². The fourth-order valence-corrected chi connectivity index (χ4v) is 4.53. The Morgan fingerprint density at radius 2 is 2.33 bits per heavy atom. The van der Waals surface area contributed by atoms with Crippen molar-refractivity contribution in [3.8, 4) is 0 Å². The molecule has 1 aromatic heterocycles. The van der Waals surface area contributed by atoms with E-state index in [1.54, 1.807) is 23.6 Å². The van der Waals surface area contributed by atoms with Crippen molar-refractivity contribution < 1.29 is 13.9 Å². The molecule has 8 heteroatoms. The van der Waals surface area contributed by atoms with Crippen molar-refractivity contribution in [2.24, 2.45) is 4.99 Å². The molecule has 27 heavy (non-hydrogen) atoms. The molecule has 0 bridgehead atoms. The fraction of sp³-hybridized carbons (Fsp3) is 0.368. The van der Waals surface area contributed by atoms with E-state index >= 15 is 0 Å². The van der Waals surface area contributed by atoms with Crippen molar-refractivity contribution in [3.05, 3.63) is 61.9 Å². The lowest BCUT2D eigenvalue weighted by Gasteiger charge is -2.39. The average molecular weight is 452 g/mol. The largest absolute Gasteiger partial charge is 0.377 e. The number of ether oxygens (including phenoxy) is 2. The molecule has 3 heterocycles. The number of hydrogen-bond donors (Lipinski definition) is 0. The number of aromatic nitrogens is 1. The van der Waals surface area contributed by atoms with Gasteiger partial charge in [0.15, 0.2) is 10.8 Å². The second-order valence-corrected chi connectivity index (χ2v) is 7.92. The number of benzene rings is 1. The summed E-state index contributed by atoms with van der Waals surface area (Å²) in [6.07, 6.45) is 1.78. The minimum Gasteiger partial charge on any atom is -0.377 e. The second kappa shape index (κ2) is 8.18. The first-order valence-corrected chi connectivity index (χ1v) is 10.4. The van der Waals surface area contributed by atoms with Crippen molar-refractivity contribution in [2.45, 2.75) is 13.0 Å². The van der Waals surface area contributed by atoms with E-state index in [1.165, 1.54) is 12.1 Å². The second-order valence-electron chi connectivity index (χ2n) is 6.17. The van der Waals surface area contributed by atoms with Gasteiger partial charge in [0, 0.05) is 40.5 Å². The zero-order valence-electron chi connectivity index (χ0n) is 14.8. The normalized spacial score (nSPS) is 19.9. The van der Waals surface area contributed by atoms with Crippen molar-refractivity contribution in [1.82, 2.24) is 9.88 Å². The van der Waals surface area contributed by atoms with E-state index in [0.29, 0.717) is 30.9 Å². The van der Waals surface area contributed by atoms with E-state index in [0.717, 1.165) is 34.2 Å². The number of aliphatic imine (C=N–C) groups is 1. The van der Waals surface area contributed by atoms with Gasteiger partial charge in [0.25, 0.3) is 0 Å². The summed E-state index contributed by atoms with van der Waals surface area (Å²) in [6.45, 7) is 4.90. The van der Waals surface area contributed by atoms with E-state index in [1.807, 2.05) is 12.3 Å². The third kappa shape index (κ3) is 3.71. The molecular weight excluding hydrogens is 433 g/mol. The zero-order chi connectivity index (χ0) is 18.8. The molecule has 0 aliphatic carbocycles. The Morgan fingerprint density at radius 1 is 1.44 bits per heavy atom. The van der Waals surface area contributed by atoms with Crippen molar-refractivity contribution >= 4 is 33.1 Å². The first-order valence-electron chi connectivity index (χ1n) is 8.76. The van der Waals surface area contributed by atoms with Crippen LogP contribution in [0.5, 0.6) is 0 Å². The summed E-state index contributed by atoms with van der Waals surface area (Å²) in [4.78, 5) is 11.7. The molecular formula is C19H19BrFN3O2S. The Balaban J connectivity index is 1.85. The molecule has 2 aliphatic rings. The first kappa shape index (κ1) is 18.7. The van der Waals surface area contributed by atoms with Crippen LogP contribution in [0.2, 0.25) is 0 Å². The van der Waals surface area contributed by atoms with Crippen LogP contribution < -0.4 is 0 Å². The molecule has 0 spiro atoms.